The van der Waals surface area contributed by atoms with Crippen molar-refractivity contribution in [3.63, 3.8) is 0 Å². The van der Waals surface area contributed by atoms with E-state index in [1.54, 1.807) is 12.3 Å². The first-order chi connectivity index (χ1) is 6.18. The number of hydrogen-bond acceptors (Lipinski definition) is 3. The van der Waals surface area contributed by atoms with Crippen LogP contribution in [0.25, 0.3) is 0 Å². The lowest BCUT2D eigenvalue weighted by Crippen LogP contribution is -1.95. The predicted molar refractivity (Wildman–Crippen MR) is 60.4 cm³/mol. The second-order valence-corrected chi connectivity index (χ2v) is 4.76. The summed E-state index contributed by atoms with van der Waals surface area (Å²) in [6, 6.07) is 1.80. The van der Waals surface area contributed by atoms with E-state index >= 15 is 0 Å². The van der Waals surface area contributed by atoms with Gasteiger partial charge in [-0.1, -0.05) is 26.1 Å². The van der Waals surface area contributed by atoms with Gasteiger partial charge in [0.1, 0.15) is 10.5 Å². The van der Waals surface area contributed by atoms with E-state index in [1.165, 1.54) is 0 Å². The lowest BCUT2D eigenvalue weighted by Gasteiger charge is -2.03. The molecule has 1 N–H and O–H groups in total. The molecule has 0 fully saturated rings. The van der Waals surface area contributed by atoms with Crippen LogP contribution in [0.15, 0.2) is 12.3 Å². The Morgan fingerprint density at radius 3 is 3.00 bits per heavy atom. The molecule has 0 aliphatic carbocycles. The third kappa shape index (κ3) is 4.43. The molecule has 4 heteroatoms. The zero-order valence-corrected chi connectivity index (χ0v) is 9.54. The minimum absolute atomic E-state index is 0.733. The van der Waals surface area contributed by atoms with Gasteiger partial charge in [-0.25, -0.2) is 4.98 Å². The maximum absolute atomic E-state index is 5.00. The van der Waals surface area contributed by atoms with Crippen LogP contribution < -0.4 is 0 Å². The molecule has 0 aliphatic rings. The Bertz CT molecular complexity index is 306. The number of aromatic amines is 1. The van der Waals surface area contributed by atoms with Gasteiger partial charge in [0.05, 0.1) is 5.75 Å². The van der Waals surface area contributed by atoms with Crippen LogP contribution in [0, 0.1) is 10.6 Å². The van der Waals surface area contributed by atoms with Gasteiger partial charge in [0.2, 0.25) is 0 Å². The highest BCUT2D eigenvalue weighted by Gasteiger charge is 1.97. The zero-order valence-electron chi connectivity index (χ0n) is 7.91. The molecular formula is C9H14N2S2. The Kier molecular flexibility index (Phi) is 4.45. The Balaban J connectivity index is 2.41. The quantitative estimate of drug-likeness (QED) is 0.781. The standard InChI is InChI=1S/C9H14N2S2/c1-7(2)5-13-6-8-10-4-3-9(12)11-8/h3-4,7H,5-6H2,1-2H3,(H,10,11,12). The predicted octanol–water partition coefficient (Wildman–Crippen LogP) is 3.03. The number of rotatable bonds is 4. The van der Waals surface area contributed by atoms with Gasteiger partial charge in [0, 0.05) is 6.20 Å². The van der Waals surface area contributed by atoms with Crippen molar-refractivity contribution in [3.05, 3.63) is 22.7 Å². The van der Waals surface area contributed by atoms with E-state index in [1.807, 2.05) is 11.8 Å². The molecule has 13 heavy (non-hydrogen) atoms. The fourth-order valence-electron chi connectivity index (χ4n) is 0.876. The molecule has 1 heterocycles. The summed E-state index contributed by atoms with van der Waals surface area (Å²) in [5.74, 6) is 3.79. The van der Waals surface area contributed by atoms with Crippen molar-refractivity contribution in [2.45, 2.75) is 19.6 Å². The minimum atomic E-state index is 0.733. The van der Waals surface area contributed by atoms with Crippen LogP contribution in [0.1, 0.15) is 19.7 Å². The van der Waals surface area contributed by atoms with Gasteiger partial charge in [-0.05, 0) is 17.7 Å². The number of H-pyrrole nitrogens is 1. The second kappa shape index (κ2) is 5.40. The van der Waals surface area contributed by atoms with Crippen LogP contribution in [-0.4, -0.2) is 15.7 Å². The van der Waals surface area contributed by atoms with E-state index < -0.39 is 0 Å². The number of hydrogen-bond donors (Lipinski definition) is 1. The molecule has 0 unspecified atom stereocenters. The van der Waals surface area contributed by atoms with Crippen molar-refractivity contribution < 1.29 is 0 Å². The summed E-state index contributed by atoms with van der Waals surface area (Å²) in [4.78, 5) is 7.26. The molecule has 0 saturated carbocycles. The summed E-state index contributed by atoms with van der Waals surface area (Å²) in [5.41, 5.74) is 0. The summed E-state index contributed by atoms with van der Waals surface area (Å²) in [6.07, 6.45) is 1.75. The number of thioether (sulfide) groups is 1. The highest BCUT2D eigenvalue weighted by atomic mass is 32.2. The van der Waals surface area contributed by atoms with Crippen LogP contribution in [0.4, 0.5) is 0 Å². The first-order valence-corrected chi connectivity index (χ1v) is 5.86. The lowest BCUT2D eigenvalue weighted by atomic mass is 10.3. The Morgan fingerprint density at radius 2 is 2.38 bits per heavy atom. The Hall–Kier alpha value is -0.350. The van der Waals surface area contributed by atoms with Crippen LogP contribution in [0.3, 0.4) is 0 Å². The fraction of sp³-hybridized carbons (Fsp3) is 0.556. The number of nitrogens with zero attached hydrogens (tertiary/aromatic N) is 1. The van der Waals surface area contributed by atoms with E-state index in [4.69, 9.17) is 12.2 Å². The molecule has 0 saturated heterocycles. The zero-order chi connectivity index (χ0) is 9.68. The Labute approximate surface area is 88.2 Å². The smallest absolute Gasteiger partial charge is 0.117 e. The van der Waals surface area contributed by atoms with E-state index in [0.29, 0.717) is 0 Å². The molecular weight excluding hydrogens is 200 g/mol. The highest BCUT2D eigenvalue weighted by Crippen LogP contribution is 2.11. The normalized spacial score (nSPS) is 10.7. The molecule has 1 aromatic heterocycles. The van der Waals surface area contributed by atoms with Crippen molar-refractivity contribution in [3.8, 4) is 0 Å². The Morgan fingerprint density at radius 1 is 1.62 bits per heavy atom. The average molecular weight is 214 g/mol. The lowest BCUT2D eigenvalue weighted by molar-refractivity contribution is 0.749. The number of aromatic nitrogens is 2. The minimum Gasteiger partial charge on any atom is -0.334 e. The van der Waals surface area contributed by atoms with Gasteiger partial charge in [-0.2, -0.15) is 11.8 Å². The number of nitrogens with one attached hydrogen (secondary N) is 1. The maximum atomic E-state index is 5.00. The summed E-state index contributed by atoms with van der Waals surface area (Å²) in [5, 5.41) is 0. The molecule has 1 rings (SSSR count). The van der Waals surface area contributed by atoms with Crippen molar-refractivity contribution in [2.24, 2.45) is 5.92 Å². The molecule has 0 radical (unpaired) electrons. The summed E-state index contributed by atoms with van der Waals surface area (Å²) in [6.45, 7) is 4.43. The molecule has 0 aromatic carbocycles. The first kappa shape index (κ1) is 10.7. The van der Waals surface area contributed by atoms with Gasteiger partial charge in [0.25, 0.3) is 0 Å². The molecule has 0 aliphatic heterocycles. The summed E-state index contributed by atoms with van der Waals surface area (Å²) >= 11 is 6.88. The average Bonchev–Trinajstić information content (AvgIpc) is 2.03. The molecule has 0 amide bonds. The first-order valence-electron chi connectivity index (χ1n) is 4.30. The van der Waals surface area contributed by atoms with Crippen molar-refractivity contribution in [2.75, 3.05) is 5.75 Å². The van der Waals surface area contributed by atoms with Crippen molar-refractivity contribution in [1.82, 2.24) is 9.97 Å². The summed E-state index contributed by atoms with van der Waals surface area (Å²) in [7, 11) is 0. The van der Waals surface area contributed by atoms with Crippen LogP contribution >= 0.6 is 24.0 Å². The van der Waals surface area contributed by atoms with E-state index in [9.17, 15) is 0 Å². The summed E-state index contributed by atoms with van der Waals surface area (Å²) < 4.78 is 0.759. The molecule has 0 bridgehead atoms. The highest BCUT2D eigenvalue weighted by molar-refractivity contribution is 7.98. The van der Waals surface area contributed by atoms with E-state index in [-0.39, 0.29) is 0 Å². The van der Waals surface area contributed by atoms with Gasteiger partial charge in [-0.3, -0.25) is 0 Å². The van der Waals surface area contributed by atoms with Gasteiger partial charge >= 0.3 is 0 Å². The second-order valence-electron chi connectivity index (χ2n) is 3.29. The monoisotopic (exact) mass is 214 g/mol. The maximum Gasteiger partial charge on any atom is 0.117 e. The van der Waals surface area contributed by atoms with Gasteiger partial charge < -0.3 is 4.98 Å². The van der Waals surface area contributed by atoms with Crippen molar-refractivity contribution >= 4 is 24.0 Å². The third-order valence-corrected chi connectivity index (χ3v) is 3.03. The van der Waals surface area contributed by atoms with E-state index in [0.717, 1.165) is 27.9 Å². The largest absolute Gasteiger partial charge is 0.334 e. The molecule has 0 atom stereocenters. The third-order valence-electron chi connectivity index (χ3n) is 1.41. The van der Waals surface area contributed by atoms with Gasteiger partial charge in [0.15, 0.2) is 0 Å². The van der Waals surface area contributed by atoms with E-state index in [2.05, 4.69) is 23.8 Å². The topological polar surface area (TPSA) is 28.7 Å². The molecule has 0 spiro atoms. The molecule has 72 valence electrons. The van der Waals surface area contributed by atoms with Crippen LogP contribution in [0.5, 0.6) is 0 Å². The van der Waals surface area contributed by atoms with Gasteiger partial charge in [-0.15, -0.1) is 0 Å². The molecule has 2 nitrogen and oxygen atoms in total. The fourth-order valence-corrected chi connectivity index (χ4v) is 1.98. The van der Waals surface area contributed by atoms with Crippen LogP contribution in [-0.2, 0) is 5.75 Å². The van der Waals surface area contributed by atoms with Crippen LogP contribution in [0.2, 0.25) is 0 Å². The SMILES string of the molecule is CC(C)CSCc1nccc(=S)[nH]1. The molecule has 1 aromatic rings. The van der Waals surface area contributed by atoms with Crippen molar-refractivity contribution in [1.29, 1.82) is 0 Å².